The van der Waals surface area contributed by atoms with E-state index in [1.807, 2.05) is 6.07 Å². The lowest BCUT2D eigenvalue weighted by atomic mass is 9.98. The predicted molar refractivity (Wildman–Crippen MR) is 87.6 cm³/mol. The van der Waals surface area contributed by atoms with E-state index in [0.29, 0.717) is 18.4 Å². The average molecular weight is 344 g/mol. The van der Waals surface area contributed by atoms with Gasteiger partial charge in [0.25, 0.3) is 5.91 Å². The molecule has 2 atom stereocenters. The van der Waals surface area contributed by atoms with E-state index in [9.17, 15) is 24.3 Å². The minimum Gasteiger partial charge on any atom is -0.396 e. The summed E-state index contributed by atoms with van der Waals surface area (Å²) < 4.78 is 0. The topological polar surface area (TPSA) is 104 Å². The van der Waals surface area contributed by atoms with Gasteiger partial charge in [-0.1, -0.05) is 6.07 Å². The molecule has 1 aromatic rings. The number of carbonyl (C=O) groups excluding carboxylic acids is 4. The lowest BCUT2D eigenvalue weighted by molar-refractivity contribution is -0.139. The zero-order chi connectivity index (χ0) is 18.1. The molecule has 1 saturated heterocycles. The minimum atomic E-state index is -0.972. The van der Waals surface area contributed by atoms with E-state index in [0.717, 1.165) is 28.0 Å². The van der Waals surface area contributed by atoms with Gasteiger partial charge >= 0.3 is 0 Å². The Morgan fingerprint density at radius 1 is 1.32 bits per heavy atom. The molecule has 0 aromatic heterocycles. The number of aliphatic hydroxyl groups is 1. The van der Waals surface area contributed by atoms with Crippen LogP contribution < -0.4 is 5.32 Å². The highest BCUT2D eigenvalue weighted by Crippen LogP contribution is 2.30. The van der Waals surface area contributed by atoms with E-state index in [4.69, 9.17) is 0 Å². The van der Waals surface area contributed by atoms with Crippen molar-refractivity contribution in [1.82, 2.24) is 10.2 Å². The van der Waals surface area contributed by atoms with Crippen molar-refractivity contribution in [3.05, 3.63) is 34.4 Å². The smallest absolute Gasteiger partial charge is 0.261 e. The number of benzene rings is 1. The van der Waals surface area contributed by atoms with Gasteiger partial charge in [0.1, 0.15) is 6.04 Å². The van der Waals surface area contributed by atoms with Crippen molar-refractivity contribution < 1.29 is 24.3 Å². The van der Waals surface area contributed by atoms with Gasteiger partial charge in [-0.05, 0) is 54.9 Å². The molecule has 0 bridgehead atoms. The number of amides is 4. The number of rotatable bonds is 4. The summed E-state index contributed by atoms with van der Waals surface area (Å²) in [6.45, 7) is 1.88. The van der Waals surface area contributed by atoms with Crippen LogP contribution in [0.1, 0.15) is 39.9 Å². The molecule has 7 heteroatoms. The number of piperidine rings is 1. The lowest BCUT2D eigenvalue weighted by Crippen LogP contribution is -2.53. The molecule has 2 N–H and O–H groups in total. The fourth-order valence-corrected chi connectivity index (χ4v) is 3.60. The third-order valence-corrected chi connectivity index (χ3v) is 4.95. The van der Waals surface area contributed by atoms with Crippen LogP contribution in [0.15, 0.2) is 12.1 Å². The molecule has 25 heavy (non-hydrogen) atoms. The summed E-state index contributed by atoms with van der Waals surface area (Å²) in [6, 6.07) is 2.69. The van der Waals surface area contributed by atoms with Crippen LogP contribution in [-0.2, 0) is 27.2 Å². The van der Waals surface area contributed by atoms with Gasteiger partial charge in [-0.15, -0.1) is 0 Å². The summed E-state index contributed by atoms with van der Waals surface area (Å²) in [5, 5.41) is 11.5. The number of imide groups is 2. The van der Waals surface area contributed by atoms with Crippen molar-refractivity contribution in [1.29, 1.82) is 0 Å². The normalized spacial score (nSPS) is 22.3. The molecule has 0 radical (unpaired) electrons. The summed E-state index contributed by atoms with van der Waals surface area (Å²) in [7, 11) is 0. The van der Waals surface area contributed by atoms with Crippen molar-refractivity contribution in [3.8, 4) is 0 Å². The van der Waals surface area contributed by atoms with E-state index in [-0.39, 0.29) is 25.4 Å². The van der Waals surface area contributed by atoms with E-state index in [1.165, 1.54) is 0 Å². The Morgan fingerprint density at radius 2 is 2.00 bits per heavy atom. The van der Waals surface area contributed by atoms with Crippen LogP contribution in [-0.4, -0.2) is 46.8 Å². The number of fused-ring (bicyclic) bond motifs is 1. The van der Waals surface area contributed by atoms with Gasteiger partial charge in [-0.2, -0.15) is 0 Å². The Labute approximate surface area is 145 Å². The molecule has 7 nitrogen and oxygen atoms in total. The highest BCUT2D eigenvalue weighted by molar-refractivity contribution is 6.07. The second kappa shape index (κ2) is 6.76. The number of nitrogens with one attached hydrogen (secondary N) is 1. The van der Waals surface area contributed by atoms with Gasteiger partial charge in [-0.25, -0.2) is 0 Å². The minimum absolute atomic E-state index is 0.0910. The van der Waals surface area contributed by atoms with Crippen LogP contribution in [0, 0.1) is 12.8 Å². The number of aryl methyl sites for hydroxylation is 1. The number of aliphatic hydroxyl groups excluding tert-OH is 1. The quantitative estimate of drug-likeness (QED) is 0.596. The highest BCUT2D eigenvalue weighted by atomic mass is 16.3. The zero-order valence-corrected chi connectivity index (χ0v) is 13.9. The molecule has 132 valence electrons. The molecule has 2 aliphatic rings. The van der Waals surface area contributed by atoms with Crippen LogP contribution in [0.3, 0.4) is 0 Å². The Bertz CT molecular complexity index is 758. The Balaban J connectivity index is 1.88. The first-order valence-corrected chi connectivity index (χ1v) is 8.29. The molecule has 1 fully saturated rings. The molecule has 1 aliphatic carbocycles. The van der Waals surface area contributed by atoms with Crippen LogP contribution >= 0.6 is 0 Å². The summed E-state index contributed by atoms with van der Waals surface area (Å²) in [5.41, 5.74) is 3.18. The SMILES string of the molecule is Cc1cc2c(cc1C(=O)N(C=O)C1CCC(=O)NC1=O)CC(CO)C2. The average Bonchev–Trinajstić information content (AvgIpc) is 2.98. The summed E-state index contributed by atoms with van der Waals surface area (Å²) >= 11 is 0. The fourth-order valence-electron chi connectivity index (χ4n) is 3.60. The van der Waals surface area contributed by atoms with Gasteiger partial charge in [0, 0.05) is 18.6 Å². The van der Waals surface area contributed by atoms with E-state index in [2.05, 4.69) is 5.32 Å². The van der Waals surface area contributed by atoms with Crippen LogP contribution in [0.2, 0.25) is 0 Å². The fraction of sp³-hybridized carbons (Fsp3) is 0.444. The van der Waals surface area contributed by atoms with Crippen molar-refractivity contribution in [2.24, 2.45) is 5.92 Å². The lowest BCUT2D eigenvalue weighted by Gasteiger charge is -2.28. The molecule has 2 unspecified atom stereocenters. The van der Waals surface area contributed by atoms with Crippen LogP contribution in [0.4, 0.5) is 0 Å². The van der Waals surface area contributed by atoms with Crippen LogP contribution in [0.5, 0.6) is 0 Å². The molecule has 4 amide bonds. The van der Waals surface area contributed by atoms with Gasteiger partial charge in [-0.3, -0.25) is 29.4 Å². The summed E-state index contributed by atoms with van der Waals surface area (Å²) in [4.78, 5) is 48.5. The molecule has 0 spiro atoms. The Hall–Kier alpha value is -2.54. The van der Waals surface area contributed by atoms with Crippen molar-refractivity contribution in [3.63, 3.8) is 0 Å². The van der Waals surface area contributed by atoms with Gasteiger partial charge in [0.2, 0.25) is 18.2 Å². The monoisotopic (exact) mass is 344 g/mol. The molecule has 1 aromatic carbocycles. The van der Waals surface area contributed by atoms with E-state index in [1.54, 1.807) is 13.0 Å². The predicted octanol–water partition coefficient (Wildman–Crippen LogP) is 0.106. The van der Waals surface area contributed by atoms with Crippen molar-refractivity contribution >= 4 is 24.1 Å². The first-order valence-electron chi connectivity index (χ1n) is 8.29. The van der Waals surface area contributed by atoms with Crippen LogP contribution in [0.25, 0.3) is 0 Å². The Morgan fingerprint density at radius 3 is 2.60 bits per heavy atom. The number of hydrogen-bond acceptors (Lipinski definition) is 5. The number of hydrogen-bond donors (Lipinski definition) is 2. The van der Waals surface area contributed by atoms with Crippen molar-refractivity contribution in [2.75, 3.05) is 6.61 Å². The molecule has 1 aliphatic heterocycles. The van der Waals surface area contributed by atoms with Gasteiger partial charge in [0.15, 0.2) is 0 Å². The second-order valence-corrected chi connectivity index (χ2v) is 6.68. The van der Waals surface area contributed by atoms with Crippen molar-refractivity contribution in [2.45, 2.75) is 38.6 Å². The molecule has 0 saturated carbocycles. The molecular formula is C18H20N2O5. The standard InChI is InChI=1S/C18H20N2O5/c1-10-4-12-5-11(8-21)6-13(12)7-14(10)18(25)20(9-22)15-2-3-16(23)19-17(15)24/h4,7,9,11,15,21H,2-3,5-6,8H2,1H3,(H,19,23,24). The van der Waals surface area contributed by atoms with Gasteiger partial charge < -0.3 is 5.11 Å². The highest BCUT2D eigenvalue weighted by Gasteiger charge is 2.35. The number of carbonyl (C=O) groups is 4. The first-order chi connectivity index (χ1) is 11.9. The largest absolute Gasteiger partial charge is 0.396 e. The molecule has 3 rings (SSSR count). The maximum Gasteiger partial charge on any atom is 0.261 e. The molecule has 1 heterocycles. The Kier molecular flexibility index (Phi) is 4.67. The third kappa shape index (κ3) is 3.19. The van der Waals surface area contributed by atoms with Gasteiger partial charge in [0.05, 0.1) is 0 Å². The van der Waals surface area contributed by atoms with E-state index < -0.39 is 23.8 Å². The first kappa shape index (κ1) is 17.3. The summed E-state index contributed by atoms with van der Waals surface area (Å²) in [6.07, 6.45) is 2.03. The maximum atomic E-state index is 12.9. The summed E-state index contributed by atoms with van der Waals surface area (Å²) in [5.74, 6) is -1.42. The molecular weight excluding hydrogens is 324 g/mol. The third-order valence-electron chi connectivity index (χ3n) is 4.95. The zero-order valence-electron chi connectivity index (χ0n) is 13.9. The maximum absolute atomic E-state index is 12.9. The second-order valence-electron chi connectivity index (χ2n) is 6.68. The number of nitrogens with zero attached hydrogens (tertiary/aromatic N) is 1. The van der Waals surface area contributed by atoms with E-state index >= 15 is 0 Å².